The lowest BCUT2D eigenvalue weighted by Crippen LogP contribution is -2.26. The third-order valence-electron chi connectivity index (χ3n) is 3.62. The van der Waals surface area contributed by atoms with E-state index in [4.69, 9.17) is 11.6 Å². The van der Waals surface area contributed by atoms with Crippen LogP contribution in [0.3, 0.4) is 0 Å². The Morgan fingerprint density at radius 3 is 2.50 bits per heavy atom. The number of amides is 1. The fourth-order valence-corrected chi connectivity index (χ4v) is 2.50. The van der Waals surface area contributed by atoms with Crippen LogP contribution in [0.25, 0.3) is 11.4 Å². The zero-order valence-electron chi connectivity index (χ0n) is 14.2. The van der Waals surface area contributed by atoms with E-state index >= 15 is 0 Å². The van der Waals surface area contributed by atoms with E-state index < -0.39 is 0 Å². The van der Waals surface area contributed by atoms with Crippen molar-refractivity contribution in [1.29, 1.82) is 0 Å². The second-order valence-electron chi connectivity index (χ2n) is 5.77. The van der Waals surface area contributed by atoms with Crippen LogP contribution in [-0.2, 0) is 11.3 Å². The molecule has 0 aliphatic carbocycles. The fraction of sp³-hybridized carbons (Fsp3) is 0.167. The summed E-state index contributed by atoms with van der Waals surface area (Å²) in [5.41, 5.74) is 2.32. The smallest absolute Gasteiger partial charge is 0.270 e. The van der Waals surface area contributed by atoms with Crippen LogP contribution in [0.1, 0.15) is 18.1 Å². The highest BCUT2D eigenvalue weighted by atomic mass is 35.5. The van der Waals surface area contributed by atoms with Crippen molar-refractivity contribution < 1.29 is 4.79 Å². The molecule has 2 heterocycles. The quantitative estimate of drug-likeness (QED) is 0.763. The summed E-state index contributed by atoms with van der Waals surface area (Å²) in [6.45, 7) is 3.44. The number of aromatic nitrogens is 4. The molecule has 0 unspecified atom stereocenters. The standard InChI is InChI=1S/C18H16ClN5O2/c1-11-7-15(16-8-21-17(9-20-16)22-12(2)25)23-24(18(11)26)10-13-3-5-14(19)6-4-13/h3-9H,10H2,1-2H3,(H,21,22,25). The van der Waals surface area contributed by atoms with Gasteiger partial charge in [0.15, 0.2) is 5.82 Å². The zero-order valence-corrected chi connectivity index (χ0v) is 15.0. The zero-order chi connectivity index (χ0) is 18.7. The molecule has 0 bridgehead atoms. The van der Waals surface area contributed by atoms with E-state index in [1.807, 2.05) is 12.1 Å². The van der Waals surface area contributed by atoms with Crippen molar-refractivity contribution in [2.75, 3.05) is 5.32 Å². The number of nitrogens with zero attached hydrogens (tertiary/aromatic N) is 4. The minimum absolute atomic E-state index is 0.175. The number of nitrogens with one attached hydrogen (secondary N) is 1. The number of carbonyl (C=O) groups excluding carboxylic acids is 1. The van der Waals surface area contributed by atoms with Crippen LogP contribution in [0.15, 0.2) is 47.5 Å². The highest BCUT2D eigenvalue weighted by molar-refractivity contribution is 6.30. The van der Waals surface area contributed by atoms with Crippen molar-refractivity contribution in [1.82, 2.24) is 19.7 Å². The molecule has 3 aromatic rings. The van der Waals surface area contributed by atoms with Gasteiger partial charge in [-0.1, -0.05) is 23.7 Å². The van der Waals surface area contributed by atoms with E-state index in [-0.39, 0.29) is 11.5 Å². The third kappa shape index (κ3) is 4.12. The van der Waals surface area contributed by atoms with Gasteiger partial charge >= 0.3 is 0 Å². The molecule has 7 nitrogen and oxygen atoms in total. The van der Waals surface area contributed by atoms with Crippen LogP contribution in [-0.4, -0.2) is 25.7 Å². The predicted molar refractivity (Wildman–Crippen MR) is 99.1 cm³/mol. The lowest BCUT2D eigenvalue weighted by molar-refractivity contribution is -0.114. The van der Waals surface area contributed by atoms with Gasteiger partial charge in [0.05, 0.1) is 18.9 Å². The molecule has 3 rings (SSSR count). The minimum Gasteiger partial charge on any atom is -0.310 e. The molecule has 1 N–H and O–H groups in total. The number of carbonyl (C=O) groups is 1. The lowest BCUT2D eigenvalue weighted by atomic mass is 10.2. The number of rotatable bonds is 4. The van der Waals surface area contributed by atoms with Crippen LogP contribution in [0.2, 0.25) is 5.02 Å². The van der Waals surface area contributed by atoms with Crippen molar-refractivity contribution in [3.63, 3.8) is 0 Å². The van der Waals surface area contributed by atoms with Crippen molar-refractivity contribution in [3.8, 4) is 11.4 Å². The molecule has 0 aliphatic heterocycles. The minimum atomic E-state index is -0.225. The molecule has 0 aliphatic rings. The predicted octanol–water partition coefficient (Wildman–Crippen LogP) is 2.67. The highest BCUT2D eigenvalue weighted by Gasteiger charge is 2.10. The van der Waals surface area contributed by atoms with E-state index in [0.29, 0.717) is 34.3 Å². The van der Waals surface area contributed by atoms with E-state index in [2.05, 4.69) is 20.4 Å². The SMILES string of the molecule is CC(=O)Nc1cnc(-c2cc(C)c(=O)n(Cc3ccc(Cl)cc3)n2)cn1. The summed E-state index contributed by atoms with van der Waals surface area (Å²) in [6.07, 6.45) is 2.95. The number of anilines is 1. The van der Waals surface area contributed by atoms with Gasteiger partial charge in [-0.3, -0.25) is 9.59 Å². The summed E-state index contributed by atoms with van der Waals surface area (Å²) < 4.78 is 1.39. The number of hydrogen-bond acceptors (Lipinski definition) is 5. The van der Waals surface area contributed by atoms with Gasteiger partial charge in [0, 0.05) is 17.5 Å². The summed E-state index contributed by atoms with van der Waals surface area (Å²) in [6, 6.07) is 8.90. The lowest BCUT2D eigenvalue weighted by Gasteiger charge is -2.09. The summed E-state index contributed by atoms with van der Waals surface area (Å²) >= 11 is 5.90. The largest absolute Gasteiger partial charge is 0.310 e. The molecular weight excluding hydrogens is 354 g/mol. The Morgan fingerprint density at radius 1 is 1.15 bits per heavy atom. The first-order valence-corrected chi connectivity index (χ1v) is 8.23. The Balaban J connectivity index is 1.93. The van der Waals surface area contributed by atoms with E-state index in [0.717, 1.165) is 5.56 Å². The van der Waals surface area contributed by atoms with Crippen molar-refractivity contribution in [2.45, 2.75) is 20.4 Å². The van der Waals surface area contributed by atoms with Gasteiger partial charge in [-0.15, -0.1) is 0 Å². The van der Waals surface area contributed by atoms with Gasteiger partial charge in [0.2, 0.25) is 5.91 Å². The van der Waals surface area contributed by atoms with E-state index in [1.165, 1.54) is 24.0 Å². The molecule has 132 valence electrons. The topological polar surface area (TPSA) is 89.8 Å². The van der Waals surface area contributed by atoms with Gasteiger partial charge in [-0.25, -0.2) is 14.6 Å². The average Bonchev–Trinajstić information content (AvgIpc) is 2.61. The Hall–Kier alpha value is -3.06. The van der Waals surface area contributed by atoms with Crippen LogP contribution in [0.4, 0.5) is 5.82 Å². The summed E-state index contributed by atoms with van der Waals surface area (Å²) in [5.74, 6) is 0.130. The molecule has 2 aromatic heterocycles. The molecule has 8 heteroatoms. The van der Waals surface area contributed by atoms with Crippen LogP contribution in [0, 0.1) is 6.92 Å². The van der Waals surface area contributed by atoms with Crippen LogP contribution < -0.4 is 10.9 Å². The summed E-state index contributed by atoms with van der Waals surface area (Å²) in [5, 5.41) is 7.58. The first kappa shape index (κ1) is 17.8. The third-order valence-corrected chi connectivity index (χ3v) is 3.87. The number of benzene rings is 1. The Labute approximate surface area is 154 Å². The molecule has 1 amide bonds. The molecule has 1 aromatic carbocycles. The maximum absolute atomic E-state index is 12.4. The Morgan fingerprint density at radius 2 is 1.88 bits per heavy atom. The second kappa shape index (κ2) is 7.45. The molecule has 0 saturated heterocycles. The molecule has 0 radical (unpaired) electrons. The first-order chi connectivity index (χ1) is 12.4. The second-order valence-corrected chi connectivity index (χ2v) is 6.21. The van der Waals surface area contributed by atoms with Crippen molar-refractivity contribution >= 4 is 23.3 Å². The van der Waals surface area contributed by atoms with Gasteiger partial charge < -0.3 is 5.32 Å². The van der Waals surface area contributed by atoms with Gasteiger partial charge in [0.25, 0.3) is 5.56 Å². The molecule has 26 heavy (non-hydrogen) atoms. The Kier molecular flexibility index (Phi) is 5.09. The van der Waals surface area contributed by atoms with Crippen LogP contribution in [0.5, 0.6) is 0 Å². The average molecular weight is 370 g/mol. The fourth-order valence-electron chi connectivity index (χ4n) is 2.38. The van der Waals surface area contributed by atoms with Crippen molar-refractivity contribution in [3.05, 3.63) is 69.2 Å². The van der Waals surface area contributed by atoms with Gasteiger partial charge in [-0.05, 0) is 30.7 Å². The van der Waals surface area contributed by atoms with Crippen LogP contribution >= 0.6 is 11.6 Å². The van der Waals surface area contributed by atoms with Crippen molar-refractivity contribution in [2.24, 2.45) is 0 Å². The van der Waals surface area contributed by atoms with Gasteiger partial charge in [0.1, 0.15) is 11.4 Å². The highest BCUT2D eigenvalue weighted by Crippen LogP contribution is 2.15. The first-order valence-electron chi connectivity index (χ1n) is 7.85. The molecule has 0 saturated carbocycles. The Bertz CT molecular complexity index is 998. The number of halogens is 1. The maximum Gasteiger partial charge on any atom is 0.270 e. The maximum atomic E-state index is 12.4. The van der Waals surface area contributed by atoms with E-state index in [1.54, 1.807) is 25.1 Å². The summed E-state index contributed by atoms with van der Waals surface area (Å²) in [7, 11) is 0. The van der Waals surface area contributed by atoms with E-state index in [9.17, 15) is 9.59 Å². The number of aryl methyl sites for hydroxylation is 1. The molecule has 0 spiro atoms. The normalized spacial score (nSPS) is 10.6. The monoisotopic (exact) mass is 369 g/mol. The summed E-state index contributed by atoms with van der Waals surface area (Å²) in [4.78, 5) is 31.8. The van der Waals surface area contributed by atoms with Gasteiger partial charge in [-0.2, -0.15) is 5.10 Å². The number of hydrogen-bond donors (Lipinski definition) is 1. The molecular formula is C18H16ClN5O2. The molecule has 0 fully saturated rings. The molecule has 0 atom stereocenters.